The average Bonchev–Trinajstić information content (AvgIpc) is 2.21. The van der Waals surface area contributed by atoms with Crippen LogP contribution in [0.2, 0.25) is 0 Å². The molecule has 1 aromatic rings. The molecule has 0 aromatic heterocycles. The normalized spacial score (nSPS) is 10.6. The lowest BCUT2D eigenvalue weighted by Crippen LogP contribution is -2.00. The van der Waals surface area contributed by atoms with Crippen LogP contribution in [0.4, 0.5) is 4.39 Å². The molecule has 0 bridgehead atoms. The largest absolute Gasteiger partial charge is 0.480 e. The standard InChI is InChI=1S/C10H7BrClFO3S/c1-2-3-4-16-9-6-8(13)10(5-7(9)11)17(12,14)15/h5-6H,4H2,1H3. The van der Waals surface area contributed by atoms with Gasteiger partial charge in [0.05, 0.1) is 4.47 Å². The summed E-state index contributed by atoms with van der Waals surface area (Å²) in [6, 6.07) is 1.99. The van der Waals surface area contributed by atoms with E-state index in [0.29, 0.717) is 0 Å². The zero-order valence-corrected chi connectivity index (χ0v) is 11.8. The predicted molar refractivity (Wildman–Crippen MR) is 66.1 cm³/mol. The van der Waals surface area contributed by atoms with E-state index in [1.165, 1.54) is 0 Å². The van der Waals surface area contributed by atoms with Crippen molar-refractivity contribution in [3.05, 3.63) is 22.4 Å². The van der Waals surface area contributed by atoms with Crippen LogP contribution in [0.25, 0.3) is 0 Å². The molecule has 0 atom stereocenters. The molecule has 3 nitrogen and oxygen atoms in total. The molecule has 0 aliphatic rings. The van der Waals surface area contributed by atoms with Gasteiger partial charge in [-0.05, 0) is 28.9 Å². The molecule has 0 amide bonds. The third kappa shape index (κ3) is 3.87. The summed E-state index contributed by atoms with van der Waals surface area (Å²) in [7, 11) is 0.949. The number of benzene rings is 1. The molecule has 0 unspecified atom stereocenters. The van der Waals surface area contributed by atoms with Gasteiger partial charge in [-0.2, -0.15) is 0 Å². The Morgan fingerprint density at radius 3 is 2.71 bits per heavy atom. The summed E-state index contributed by atoms with van der Waals surface area (Å²) in [6.07, 6.45) is 0. The van der Waals surface area contributed by atoms with Crippen molar-refractivity contribution < 1.29 is 17.5 Å². The molecule has 92 valence electrons. The molecule has 0 heterocycles. The highest BCUT2D eigenvalue weighted by Gasteiger charge is 2.19. The molecule has 1 aromatic carbocycles. The van der Waals surface area contributed by atoms with Crippen LogP contribution < -0.4 is 4.74 Å². The Morgan fingerprint density at radius 1 is 1.53 bits per heavy atom. The van der Waals surface area contributed by atoms with Crippen LogP contribution in [0.15, 0.2) is 21.5 Å². The van der Waals surface area contributed by atoms with Gasteiger partial charge in [0.1, 0.15) is 23.1 Å². The lowest BCUT2D eigenvalue weighted by Gasteiger charge is -2.07. The maximum atomic E-state index is 13.4. The van der Waals surface area contributed by atoms with Crippen molar-refractivity contribution in [1.82, 2.24) is 0 Å². The van der Waals surface area contributed by atoms with Crippen LogP contribution in [-0.4, -0.2) is 15.0 Å². The van der Waals surface area contributed by atoms with Crippen molar-refractivity contribution in [2.24, 2.45) is 0 Å². The number of halogens is 3. The molecule has 0 spiro atoms. The van der Waals surface area contributed by atoms with Crippen molar-refractivity contribution in [1.29, 1.82) is 0 Å². The second-order valence-electron chi connectivity index (χ2n) is 2.87. The van der Waals surface area contributed by atoms with E-state index in [1.54, 1.807) is 6.92 Å². The third-order valence-electron chi connectivity index (χ3n) is 1.73. The first-order valence-electron chi connectivity index (χ1n) is 4.32. The lowest BCUT2D eigenvalue weighted by atomic mass is 10.3. The Balaban J connectivity index is 3.13. The molecule has 1 rings (SSSR count). The first-order valence-corrected chi connectivity index (χ1v) is 7.42. The maximum Gasteiger partial charge on any atom is 0.264 e. The van der Waals surface area contributed by atoms with E-state index in [-0.39, 0.29) is 16.8 Å². The summed E-state index contributed by atoms with van der Waals surface area (Å²) >= 11 is 3.06. The van der Waals surface area contributed by atoms with Crippen LogP contribution >= 0.6 is 26.6 Å². The first kappa shape index (κ1) is 14.3. The van der Waals surface area contributed by atoms with E-state index < -0.39 is 19.8 Å². The molecule has 0 saturated heterocycles. The molecule has 0 N–H and O–H groups in total. The topological polar surface area (TPSA) is 43.4 Å². The van der Waals surface area contributed by atoms with Gasteiger partial charge in [-0.25, -0.2) is 12.8 Å². The molecule has 0 saturated carbocycles. The lowest BCUT2D eigenvalue weighted by molar-refractivity contribution is 0.364. The van der Waals surface area contributed by atoms with Gasteiger partial charge in [0.15, 0.2) is 0 Å². The predicted octanol–water partition coefficient (Wildman–Crippen LogP) is 2.92. The maximum absolute atomic E-state index is 13.4. The van der Waals surface area contributed by atoms with Crippen LogP contribution in [0, 0.1) is 17.7 Å². The monoisotopic (exact) mass is 340 g/mol. The summed E-state index contributed by atoms with van der Waals surface area (Å²) < 4.78 is 40.9. The minimum atomic E-state index is -4.11. The van der Waals surface area contributed by atoms with Crippen LogP contribution in [0.5, 0.6) is 5.75 Å². The molecule has 0 aliphatic carbocycles. The number of hydrogen-bond donors (Lipinski definition) is 0. The SMILES string of the molecule is CC#CCOc1cc(F)c(S(=O)(=O)Cl)cc1Br. The fourth-order valence-electron chi connectivity index (χ4n) is 0.994. The highest BCUT2D eigenvalue weighted by Crippen LogP contribution is 2.31. The first-order chi connectivity index (χ1) is 7.86. The molecular weight excluding hydrogens is 335 g/mol. The fraction of sp³-hybridized carbons (Fsp3) is 0.200. The summed E-state index contributed by atoms with van der Waals surface area (Å²) in [6.45, 7) is 1.73. The number of ether oxygens (including phenoxy) is 1. The molecule has 0 aliphatic heterocycles. The smallest absolute Gasteiger partial charge is 0.264 e. The molecular formula is C10H7BrClFO3S. The summed E-state index contributed by atoms with van der Waals surface area (Å²) in [5.74, 6) is 4.43. The van der Waals surface area contributed by atoms with Crippen molar-refractivity contribution in [2.75, 3.05) is 6.61 Å². The minimum absolute atomic E-state index is 0.0848. The minimum Gasteiger partial charge on any atom is -0.480 e. The molecule has 17 heavy (non-hydrogen) atoms. The highest BCUT2D eigenvalue weighted by atomic mass is 79.9. The van der Waals surface area contributed by atoms with Crippen LogP contribution in [-0.2, 0) is 9.05 Å². The van der Waals surface area contributed by atoms with Gasteiger partial charge in [-0.15, -0.1) is 5.92 Å². The Kier molecular flexibility index (Phi) is 4.80. The van der Waals surface area contributed by atoms with Gasteiger partial charge in [0.2, 0.25) is 0 Å². The van der Waals surface area contributed by atoms with Gasteiger partial charge >= 0.3 is 0 Å². The Labute approximate surface area is 111 Å². The van der Waals surface area contributed by atoms with Gasteiger partial charge < -0.3 is 4.74 Å². The van der Waals surface area contributed by atoms with Crippen LogP contribution in [0.1, 0.15) is 6.92 Å². The molecule has 7 heteroatoms. The van der Waals surface area contributed by atoms with Crippen molar-refractivity contribution in [3.63, 3.8) is 0 Å². The molecule has 0 fully saturated rings. The van der Waals surface area contributed by atoms with Crippen molar-refractivity contribution in [3.8, 4) is 17.6 Å². The second-order valence-corrected chi connectivity index (χ2v) is 6.26. The fourth-order valence-corrected chi connectivity index (χ4v) is 2.51. The van der Waals surface area contributed by atoms with E-state index in [9.17, 15) is 12.8 Å². The van der Waals surface area contributed by atoms with Gasteiger partial charge in [0.25, 0.3) is 9.05 Å². The summed E-state index contributed by atoms with van der Waals surface area (Å²) in [5, 5.41) is 0. The quantitative estimate of drug-likeness (QED) is 0.627. The van der Waals surface area contributed by atoms with Crippen LogP contribution in [0.3, 0.4) is 0 Å². The Morgan fingerprint density at radius 2 is 2.18 bits per heavy atom. The average molecular weight is 342 g/mol. The zero-order chi connectivity index (χ0) is 13.1. The van der Waals surface area contributed by atoms with Gasteiger partial charge in [-0.1, -0.05) is 5.92 Å². The third-order valence-corrected chi connectivity index (χ3v) is 3.68. The van der Waals surface area contributed by atoms with E-state index in [4.69, 9.17) is 15.4 Å². The number of hydrogen-bond acceptors (Lipinski definition) is 3. The Hall–Kier alpha value is -0.770. The van der Waals surface area contributed by atoms with Gasteiger partial charge in [0, 0.05) is 16.7 Å². The highest BCUT2D eigenvalue weighted by molar-refractivity contribution is 9.10. The van der Waals surface area contributed by atoms with E-state index in [1.807, 2.05) is 0 Å². The van der Waals surface area contributed by atoms with Gasteiger partial charge in [-0.3, -0.25) is 0 Å². The second kappa shape index (κ2) is 5.71. The zero-order valence-electron chi connectivity index (χ0n) is 8.63. The van der Waals surface area contributed by atoms with Crippen molar-refractivity contribution >= 4 is 35.7 Å². The summed E-state index contributed by atoms with van der Waals surface area (Å²) in [4.78, 5) is -0.597. The Bertz CT molecular complexity index is 590. The van der Waals surface area contributed by atoms with Crippen molar-refractivity contribution in [2.45, 2.75) is 11.8 Å². The van der Waals surface area contributed by atoms with E-state index >= 15 is 0 Å². The summed E-state index contributed by atoms with van der Waals surface area (Å²) in [5.41, 5.74) is 0. The number of rotatable bonds is 3. The van der Waals surface area contributed by atoms with E-state index in [0.717, 1.165) is 12.1 Å². The van der Waals surface area contributed by atoms with E-state index in [2.05, 4.69) is 27.8 Å². The molecule has 0 radical (unpaired) electrons.